The van der Waals surface area contributed by atoms with Crippen LogP contribution >= 0.6 is 11.6 Å². The lowest BCUT2D eigenvalue weighted by Gasteiger charge is -2.25. The minimum absolute atomic E-state index is 0.270. The molecule has 0 saturated heterocycles. The molecule has 1 aromatic heterocycles. The van der Waals surface area contributed by atoms with E-state index in [0.29, 0.717) is 5.69 Å². The zero-order valence-electron chi connectivity index (χ0n) is 12.4. The Balaban J connectivity index is 2.26. The van der Waals surface area contributed by atoms with Gasteiger partial charge in [-0.1, -0.05) is 29.8 Å². The Bertz CT molecular complexity index is 712. The van der Waals surface area contributed by atoms with Crippen LogP contribution in [0, 0.1) is 0 Å². The van der Waals surface area contributed by atoms with Gasteiger partial charge >= 0.3 is 6.18 Å². The van der Waals surface area contributed by atoms with Gasteiger partial charge in [0.05, 0.1) is 22.9 Å². The van der Waals surface area contributed by atoms with Crippen LogP contribution in [0.25, 0.3) is 0 Å². The molecule has 2 aromatic rings. The Morgan fingerprint density at radius 2 is 1.78 bits per heavy atom. The Kier molecular flexibility index (Phi) is 4.66. The van der Waals surface area contributed by atoms with E-state index in [2.05, 4.69) is 10.3 Å². The summed E-state index contributed by atoms with van der Waals surface area (Å²) in [6.07, 6.45) is -3.08. The number of carbonyl (C=O) groups is 1. The van der Waals surface area contributed by atoms with Crippen molar-refractivity contribution in [2.75, 3.05) is 5.32 Å². The number of hydrogen-bond acceptors (Lipinski definition) is 2. The van der Waals surface area contributed by atoms with Crippen molar-refractivity contribution >= 4 is 23.2 Å². The number of rotatable bonds is 3. The lowest BCUT2D eigenvalue weighted by atomic mass is 9.83. The molecule has 3 nitrogen and oxygen atoms in total. The van der Waals surface area contributed by atoms with Crippen LogP contribution in [0.2, 0.25) is 5.15 Å². The Hall–Kier alpha value is -2.08. The monoisotopic (exact) mass is 342 g/mol. The molecule has 0 bridgehead atoms. The largest absolute Gasteiger partial charge is 0.416 e. The van der Waals surface area contributed by atoms with E-state index in [1.807, 2.05) is 0 Å². The van der Waals surface area contributed by atoms with Crippen molar-refractivity contribution in [2.45, 2.75) is 25.4 Å². The zero-order chi connectivity index (χ0) is 17.3. The molecule has 122 valence electrons. The number of halogens is 4. The summed E-state index contributed by atoms with van der Waals surface area (Å²) in [6, 6.07) is 7.82. The predicted molar refractivity (Wildman–Crippen MR) is 82.3 cm³/mol. The smallest absolute Gasteiger partial charge is 0.324 e. The molecule has 0 atom stereocenters. The number of hydrogen-bond donors (Lipinski definition) is 1. The summed E-state index contributed by atoms with van der Waals surface area (Å²) in [6.45, 7) is 3.11. The first kappa shape index (κ1) is 17.3. The molecule has 1 aromatic carbocycles. The Morgan fingerprint density at radius 3 is 2.35 bits per heavy atom. The van der Waals surface area contributed by atoms with Gasteiger partial charge in [-0.2, -0.15) is 13.2 Å². The first-order chi connectivity index (χ1) is 10.6. The summed E-state index contributed by atoms with van der Waals surface area (Å²) in [5.41, 5.74) is -1.25. The van der Waals surface area contributed by atoms with Crippen LogP contribution in [0.3, 0.4) is 0 Å². The summed E-state index contributed by atoms with van der Waals surface area (Å²) in [5, 5.41) is 2.90. The van der Waals surface area contributed by atoms with Gasteiger partial charge in [0.15, 0.2) is 0 Å². The normalized spacial score (nSPS) is 12.1. The molecule has 0 saturated carbocycles. The number of pyridine rings is 1. The van der Waals surface area contributed by atoms with Gasteiger partial charge in [0.1, 0.15) is 5.15 Å². The molecule has 2 rings (SSSR count). The highest BCUT2D eigenvalue weighted by atomic mass is 35.5. The van der Waals surface area contributed by atoms with Gasteiger partial charge in [-0.15, -0.1) is 0 Å². The van der Waals surface area contributed by atoms with Crippen LogP contribution < -0.4 is 5.32 Å². The van der Waals surface area contributed by atoms with Crippen LogP contribution in [0.5, 0.6) is 0 Å². The van der Waals surface area contributed by atoms with Gasteiger partial charge in [-0.3, -0.25) is 4.79 Å². The molecule has 7 heteroatoms. The second-order valence-electron chi connectivity index (χ2n) is 5.53. The number of carbonyl (C=O) groups excluding carboxylic acids is 1. The maximum atomic E-state index is 12.8. The molecule has 1 amide bonds. The van der Waals surface area contributed by atoms with Crippen LogP contribution in [0.4, 0.5) is 18.9 Å². The van der Waals surface area contributed by atoms with Crippen molar-refractivity contribution in [1.29, 1.82) is 0 Å². The molecule has 0 aliphatic rings. The first-order valence-electron chi connectivity index (χ1n) is 6.71. The van der Waals surface area contributed by atoms with E-state index in [9.17, 15) is 18.0 Å². The van der Waals surface area contributed by atoms with Crippen molar-refractivity contribution in [1.82, 2.24) is 4.98 Å². The van der Waals surface area contributed by atoms with Gasteiger partial charge in [-0.05, 0) is 37.6 Å². The SMILES string of the molecule is CC(C)(C(=O)Nc1ccc(Cl)nc1)c1cccc(C(F)(F)F)c1. The third-order valence-corrected chi connectivity index (χ3v) is 3.69. The first-order valence-corrected chi connectivity index (χ1v) is 7.09. The van der Waals surface area contributed by atoms with Crippen LogP contribution in [0.1, 0.15) is 25.0 Å². The van der Waals surface area contributed by atoms with Crippen LogP contribution in [-0.4, -0.2) is 10.9 Å². The molecule has 0 fully saturated rings. The summed E-state index contributed by atoms with van der Waals surface area (Å²) in [4.78, 5) is 16.3. The summed E-state index contributed by atoms with van der Waals surface area (Å²) < 4.78 is 38.5. The maximum absolute atomic E-state index is 12.8. The number of anilines is 1. The van der Waals surface area contributed by atoms with Crippen molar-refractivity contribution in [2.24, 2.45) is 0 Å². The minimum Gasteiger partial charge on any atom is -0.324 e. The van der Waals surface area contributed by atoms with Crippen molar-refractivity contribution in [3.63, 3.8) is 0 Å². The van der Waals surface area contributed by atoms with Crippen LogP contribution in [-0.2, 0) is 16.4 Å². The fourth-order valence-electron chi connectivity index (χ4n) is 1.95. The molecule has 0 radical (unpaired) electrons. The molecule has 0 spiro atoms. The number of nitrogens with zero attached hydrogens (tertiary/aromatic N) is 1. The number of amides is 1. The fraction of sp³-hybridized carbons (Fsp3) is 0.250. The molecular weight excluding hydrogens is 329 g/mol. The van der Waals surface area contributed by atoms with E-state index in [-0.39, 0.29) is 10.7 Å². The third kappa shape index (κ3) is 4.01. The minimum atomic E-state index is -4.46. The van der Waals surface area contributed by atoms with Crippen LogP contribution in [0.15, 0.2) is 42.6 Å². The third-order valence-electron chi connectivity index (χ3n) is 3.46. The van der Waals surface area contributed by atoms with Crippen molar-refractivity contribution in [3.05, 3.63) is 58.9 Å². The lowest BCUT2D eigenvalue weighted by Crippen LogP contribution is -2.35. The highest BCUT2D eigenvalue weighted by Crippen LogP contribution is 2.33. The summed E-state index contributed by atoms with van der Waals surface area (Å²) in [7, 11) is 0. The molecule has 23 heavy (non-hydrogen) atoms. The molecule has 1 heterocycles. The van der Waals surface area contributed by atoms with E-state index < -0.39 is 23.1 Å². The van der Waals surface area contributed by atoms with E-state index in [4.69, 9.17) is 11.6 Å². The van der Waals surface area contributed by atoms with Crippen molar-refractivity contribution in [3.8, 4) is 0 Å². The van der Waals surface area contributed by atoms with Gasteiger partial charge in [0.2, 0.25) is 5.91 Å². The highest BCUT2D eigenvalue weighted by Gasteiger charge is 2.34. The van der Waals surface area contributed by atoms with E-state index in [1.54, 1.807) is 19.9 Å². The topological polar surface area (TPSA) is 42.0 Å². The number of benzene rings is 1. The van der Waals surface area contributed by atoms with Crippen molar-refractivity contribution < 1.29 is 18.0 Å². The second-order valence-corrected chi connectivity index (χ2v) is 5.91. The quantitative estimate of drug-likeness (QED) is 0.823. The van der Waals surface area contributed by atoms with E-state index in [1.165, 1.54) is 24.4 Å². The molecular formula is C16H14ClF3N2O. The molecule has 0 aliphatic carbocycles. The van der Waals surface area contributed by atoms with Gasteiger partial charge in [0, 0.05) is 0 Å². The van der Waals surface area contributed by atoms with Gasteiger partial charge in [-0.25, -0.2) is 4.98 Å². The molecule has 0 unspecified atom stereocenters. The Labute approximate surface area is 136 Å². The zero-order valence-corrected chi connectivity index (χ0v) is 13.2. The standard InChI is InChI=1S/C16H14ClF3N2O/c1-15(2,10-4-3-5-11(8-10)16(18,19)20)14(23)22-12-6-7-13(17)21-9-12/h3-9H,1-2H3,(H,22,23). The van der Waals surface area contributed by atoms with E-state index >= 15 is 0 Å². The maximum Gasteiger partial charge on any atom is 0.416 e. The molecule has 0 aliphatic heterocycles. The number of alkyl halides is 3. The summed E-state index contributed by atoms with van der Waals surface area (Å²) >= 11 is 5.66. The number of aromatic nitrogens is 1. The second kappa shape index (κ2) is 6.20. The van der Waals surface area contributed by atoms with E-state index in [0.717, 1.165) is 12.1 Å². The number of nitrogens with one attached hydrogen (secondary N) is 1. The Morgan fingerprint density at radius 1 is 1.13 bits per heavy atom. The predicted octanol–water partition coefficient (Wildman–Crippen LogP) is 4.67. The molecule has 1 N–H and O–H groups in total. The summed E-state index contributed by atoms with van der Waals surface area (Å²) in [5.74, 6) is -0.444. The highest BCUT2D eigenvalue weighted by molar-refractivity contribution is 6.29. The average Bonchev–Trinajstić information content (AvgIpc) is 2.49. The van der Waals surface area contributed by atoms with Gasteiger partial charge < -0.3 is 5.32 Å². The van der Waals surface area contributed by atoms with Gasteiger partial charge in [0.25, 0.3) is 0 Å². The fourth-order valence-corrected chi connectivity index (χ4v) is 2.06. The lowest BCUT2D eigenvalue weighted by molar-refractivity contribution is -0.137. The average molecular weight is 343 g/mol.